The number of amides is 1. The van der Waals surface area contributed by atoms with Crippen LogP contribution in [0.5, 0.6) is 0 Å². The Hall–Kier alpha value is -1.30. The van der Waals surface area contributed by atoms with E-state index in [1.807, 2.05) is 0 Å². The maximum absolute atomic E-state index is 12.4. The monoisotopic (exact) mass is 279 g/mol. The summed E-state index contributed by atoms with van der Waals surface area (Å²) < 4.78 is 0. The molecule has 6 heteroatoms. The molecule has 0 radical (unpaired) electrons. The SMILES string of the molecule is CC(C)(C)C1CNCCN1C(=O)CCCC1=NCN=N1. The number of azo groups is 1. The first-order chi connectivity index (χ1) is 9.48. The van der Waals surface area contributed by atoms with Crippen LogP contribution in [-0.2, 0) is 4.79 Å². The van der Waals surface area contributed by atoms with E-state index in [0.717, 1.165) is 38.3 Å². The second-order valence-electron chi connectivity index (χ2n) is 6.48. The maximum atomic E-state index is 12.4. The molecule has 0 aromatic heterocycles. The first-order valence-electron chi connectivity index (χ1n) is 7.39. The number of hydrogen-bond acceptors (Lipinski definition) is 5. The Bertz CT molecular complexity index is 410. The lowest BCUT2D eigenvalue weighted by molar-refractivity contribution is -0.137. The number of aliphatic imine (C=N–C) groups is 1. The van der Waals surface area contributed by atoms with Crippen molar-refractivity contribution in [1.29, 1.82) is 0 Å². The lowest BCUT2D eigenvalue weighted by atomic mass is 9.84. The summed E-state index contributed by atoms with van der Waals surface area (Å²) in [6.45, 7) is 9.61. The van der Waals surface area contributed by atoms with E-state index in [2.05, 4.69) is 46.2 Å². The molecule has 2 rings (SSSR count). The molecule has 1 fully saturated rings. The summed E-state index contributed by atoms with van der Waals surface area (Å²) in [6, 6.07) is 0.271. The third kappa shape index (κ3) is 3.85. The molecule has 20 heavy (non-hydrogen) atoms. The summed E-state index contributed by atoms with van der Waals surface area (Å²) in [5.41, 5.74) is 0.104. The van der Waals surface area contributed by atoms with Crippen LogP contribution in [0.3, 0.4) is 0 Å². The molecule has 1 amide bonds. The quantitative estimate of drug-likeness (QED) is 0.853. The molecule has 6 nitrogen and oxygen atoms in total. The predicted molar refractivity (Wildman–Crippen MR) is 78.8 cm³/mol. The third-order valence-electron chi connectivity index (χ3n) is 3.86. The third-order valence-corrected chi connectivity index (χ3v) is 3.86. The van der Waals surface area contributed by atoms with Crippen molar-refractivity contribution in [2.45, 2.75) is 46.1 Å². The number of carbonyl (C=O) groups excluding carboxylic acids is 1. The molecule has 2 aliphatic heterocycles. The molecule has 1 saturated heterocycles. The van der Waals surface area contributed by atoms with Gasteiger partial charge in [0.2, 0.25) is 5.91 Å². The predicted octanol–water partition coefficient (Wildman–Crippen LogP) is 1.82. The van der Waals surface area contributed by atoms with E-state index in [1.54, 1.807) is 0 Å². The molecule has 0 bridgehead atoms. The van der Waals surface area contributed by atoms with Crippen molar-refractivity contribution in [2.75, 3.05) is 26.3 Å². The van der Waals surface area contributed by atoms with Gasteiger partial charge in [-0.3, -0.25) is 4.79 Å². The summed E-state index contributed by atoms with van der Waals surface area (Å²) in [7, 11) is 0. The van der Waals surface area contributed by atoms with Gasteiger partial charge in [-0.15, -0.1) is 5.11 Å². The summed E-state index contributed by atoms with van der Waals surface area (Å²) in [6.07, 6.45) is 2.13. The van der Waals surface area contributed by atoms with Crippen LogP contribution in [0.25, 0.3) is 0 Å². The smallest absolute Gasteiger partial charge is 0.222 e. The second kappa shape index (κ2) is 6.43. The van der Waals surface area contributed by atoms with Crippen molar-refractivity contribution in [3.05, 3.63) is 0 Å². The minimum absolute atomic E-state index is 0.104. The first-order valence-corrected chi connectivity index (χ1v) is 7.39. The molecule has 0 aromatic carbocycles. The van der Waals surface area contributed by atoms with E-state index in [-0.39, 0.29) is 17.4 Å². The van der Waals surface area contributed by atoms with Gasteiger partial charge in [0.1, 0.15) is 5.84 Å². The molecular weight excluding hydrogens is 254 g/mol. The molecule has 2 heterocycles. The fourth-order valence-electron chi connectivity index (χ4n) is 2.71. The standard InChI is InChI=1S/C14H25N5O/c1-14(2,3)11-9-15-7-8-19(11)13(20)6-4-5-12-16-10-17-18-12/h11,15H,4-10H2,1-3H3. The summed E-state index contributed by atoms with van der Waals surface area (Å²) >= 11 is 0. The van der Waals surface area contributed by atoms with Crippen LogP contribution >= 0.6 is 0 Å². The van der Waals surface area contributed by atoms with Crippen molar-refractivity contribution < 1.29 is 4.79 Å². The van der Waals surface area contributed by atoms with E-state index in [4.69, 9.17) is 0 Å². The molecule has 0 aromatic rings. The Morgan fingerprint density at radius 2 is 2.25 bits per heavy atom. The van der Waals surface area contributed by atoms with Gasteiger partial charge in [-0.25, -0.2) is 4.99 Å². The molecule has 1 N–H and O–H groups in total. The molecule has 112 valence electrons. The van der Waals surface area contributed by atoms with E-state index in [1.165, 1.54) is 0 Å². The Balaban J connectivity index is 1.84. The van der Waals surface area contributed by atoms with Gasteiger partial charge < -0.3 is 10.2 Å². The van der Waals surface area contributed by atoms with Gasteiger partial charge in [-0.1, -0.05) is 20.8 Å². The van der Waals surface area contributed by atoms with Gasteiger partial charge in [-0.05, 0) is 11.8 Å². The normalized spacial score (nSPS) is 23.1. The van der Waals surface area contributed by atoms with Gasteiger partial charge >= 0.3 is 0 Å². The number of nitrogens with one attached hydrogen (secondary N) is 1. The van der Waals surface area contributed by atoms with Crippen LogP contribution in [0.4, 0.5) is 0 Å². The summed E-state index contributed by atoms with van der Waals surface area (Å²) in [4.78, 5) is 18.6. The van der Waals surface area contributed by atoms with E-state index in [9.17, 15) is 4.79 Å². The minimum atomic E-state index is 0.104. The number of amidine groups is 1. The lowest BCUT2D eigenvalue weighted by Crippen LogP contribution is -2.58. The van der Waals surface area contributed by atoms with Gasteiger partial charge in [0.25, 0.3) is 0 Å². The van der Waals surface area contributed by atoms with Gasteiger partial charge in [0.05, 0.1) is 0 Å². The maximum Gasteiger partial charge on any atom is 0.222 e. The second-order valence-corrected chi connectivity index (χ2v) is 6.48. The highest BCUT2D eigenvalue weighted by atomic mass is 16.2. The molecule has 1 unspecified atom stereocenters. The highest BCUT2D eigenvalue weighted by molar-refractivity contribution is 5.84. The number of nitrogens with zero attached hydrogens (tertiary/aromatic N) is 4. The zero-order valence-electron chi connectivity index (χ0n) is 12.7. The number of rotatable bonds is 4. The van der Waals surface area contributed by atoms with Crippen LogP contribution < -0.4 is 5.32 Å². The number of hydrogen-bond donors (Lipinski definition) is 1. The molecular formula is C14H25N5O. The van der Waals surface area contributed by atoms with Crippen LogP contribution in [0.2, 0.25) is 0 Å². The zero-order chi connectivity index (χ0) is 14.6. The van der Waals surface area contributed by atoms with Gasteiger partial charge in [0, 0.05) is 38.5 Å². The fourth-order valence-corrected chi connectivity index (χ4v) is 2.71. The number of carbonyl (C=O) groups is 1. The van der Waals surface area contributed by atoms with E-state index >= 15 is 0 Å². The average molecular weight is 279 g/mol. The van der Waals surface area contributed by atoms with E-state index in [0.29, 0.717) is 13.1 Å². The van der Waals surface area contributed by atoms with Crippen molar-refractivity contribution in [3.63, 3.8) is 0 Å². The van der Waals surface area contributed by atoms with Crippen LogP contribution in [0.15, 0.2) is 15.2 Å². The van der Waals surface area contributed by atoms with Crippen molar-refractivity contribution in [3.8, 4) is 0 Å². The molecule has 0 spiro atoms. The van der Waals surface area contributed by atoms with Gasteiger partial charge in [-0.2, -0.15) is 5.11 Å². The Kier molecular flexibility index (Phi) is 4.86. The highest BCUT2D eigenvalue weighted by Gasteiger charge is 2.34. The largest absolute Gasteiger partial charge is 0.337 e. The number of piperazine rings is 1. The van der Waals surface area contributed by atoms with Crippen LogP contribution in [-0.4, -0.2) is 49.0 Å². The highest BCUT2D eigenvalue weighted by Crippen LogP contribution is 2.26. The summed E-state index contributed by atoms with van der Waals surface area (Å²) in [5.74, 6) is 1.03. The lowest BCUT2D eigenvalue weighted by Gasteiger charge is -2.43. The minimum Gasteiger partial charge on any atom is -0.337 e. The Morgan fingerprint density at radius 1 is 1.45 bits per heavy atom. The molecule has 2 aliphatic rings. The van der Waals surface area contributed by atoms with Crippen molar-refractivity contribution >= 4 is 11.7 Å². The van der Waals surface area contributed by atoms with Crippen LogP contribution in [0.1, 0.15) is 40.0 Å². The summed E-state index contributed by atoms with van der Waals surface area (Å²) in [5, 5.41) is 11.1. The zero-order valence-corrected chi connectivity index (χ0v) is 12.7. The van der Waals surface area contributed by atoms with Crippen LogP contribution in [0, 0.1) is 5.41 Å². The molecule has 0 saturated carbocycles. The molecule has 0 aliphatic carbocycles. The Morgan fingerprint density at radius 3 is 2.90 bits per heavy atom. The van der Waals surface area contributed by atoms with Gasteiger partial charge in [0.15, 0.2) is 6.67 Å². The topological polar surface area (TPSA) is 69.4 Å². The molecule has 1 atom stereocenters. The van der Waals surface area contributed by atoms with Crippen molar-refractivity contribution in [2.24, 2.45) is 20.6 Å². The first kappa shape index (κ1) is 15.1. The van der Waals surface area contributed by atoms with E-state index < -0.39 is 0 Å². The average Bonchev–Trinajstić information content (AvgIpc) is 2.91. The van der Waals surface area contributed by atoms with Crippen molar-refractivity contribution in [1.82, 2.24) is 10.2 Å². The fraction of sp³-hybridized carbons (Fsp3) is 0.857. The Labute approximate surface area is 120 Å².